The Morgan fingerprint density at radius 3 is 2.90 bits per heavy atom. The minimum absolute atomic E-state index is 0.139. The van der Waals surface area contributed by atoms with Crippen LogP contribution in [0.3, 0.4) is 0 Å². The summed E-state index contributed by atoms with van der Waals surface area (Å²) in [5, 5.41) is 0.754. The molecule has 2 aromatic rings. The standard InChI is InChI=1S/C18H20ClNO/c1-12-5-6-14(17(19)9-12)11-21-15-8-7-13-3-2-4-18(20)16(13)10-15/h5-10,18H,2-4,11,20H2,1H3. The minimum Gasteiger partial charge on any atom is -0.489 e. The lowest BCUT2D eigenvalue weighted by atomic mass is 9.88. The van der Waals surface area contributed by atoms with Crippen LogP contribution in [0.2, 0.25) is 5.02 Å². The molecular formula is C18H20ClNO. The summed E-state index contributed by atoms with van der Waals surface area (Å²) in [5.41, 5.74) is 10.9. The molecule has 0 saturated heterocycles. The highest BCUT2D eigenvalue weighted by Crippen LogP contribution is 2.31. The largest absolute Gasteiger partial charge is 0.489 e. The molecule has 1 aliphatic carbocycles. The van der Waals surface area contributed by atoms with Gasteiger partial charge < -0.3 is 10.5 Å². The summed E-state index contributed by atoms with van der Waals surface area (Å²) in [6.07, 6.45) is 3.35. The molecule has 1 unspecified atom stereocenters. The van der Waals surface area contributed by atoms with E-state index in [0.29, 0.717) is 6.61 Å². The second-order valence-electron chi connectivity index (χ2n) is 5.74. The van der Waals surface area contributed by atoms with Crippen LogP contribution < -0.4 is 10.5 Å². The molecule has 3 rings (SSSR count). The van der Waals surface area contributed by atoms with Crippen molar-refractivity contribution in [3.63, 3.8) is 0 Å². The second kappa shape index (κ2) is 6.08. The van der Waals surface area contributed by atoms with Crippen molar-refractivity contribution in [2.24, 2.45) is 5.73 Å². The van der Waals surface area contributed by atoms with Crippen LogP contribution in [0.15, 0.2) is 36.4 Å². The van der Waals surface area contributed by atoms with Crippen molar-refractivity contribution in [1.82, 2.24) is 0 Å². The Bertz CT molecular complexity index is 654. The van der Waals surface area contributed by atoms with Gasteiger partial charge in [0.1, 0.15) is 12.4 Å². The van der Waals surface area contributed by atoms with Gasteiger partial charge in [0.2, 0.25) is 0 Å². The van der Waals surface area contributed by atoms with Gasteiger partial charge in [0.25, 0.3) is 0 Å². The van der Waals surface area contributed by atoms with E-state index in [-0.39, 0.29) is 6.04 Å². The molecule has 1 atom stereocenters. The number of hydrogen-bond acceptors (Lipinski definition) is 2. The summed E-state index contributed by atoms with van der Waals surface area (Å²) in [7, 11) is 0. The maximum absolute atomic E-state index is 6.23. The number of rotatable bonds is 3. The molecular weight excluding hydrogens is 282 g/mol. The Morgan fingerprint density at radius 1 is 1.24 bits per heavy atom. The molecule has 2 nitrogen and oxygen atoms in total. The number of aryl methyl sites for hydroxylation is 2. The molecule has 0 aromatic heterocycles. The Balaban J connectivity index is 1.75. The Kier molecular flexibility index (Phi) is 4.18. The summed E-state index contributed by atoms with van der Waals surface area (Å²) in [6, 6.07) is 12.4. The smallest absolute Gasteiger partial charge is 0.120 e. The van der Waals surface area contributed by atoms with E-state index >= 15 is 0 Å². The van der Waals surface area contributed by atoms with E-state index in [0.717, 1.165) is 34.7 Å². The average molecular weight is 302 g/mol. The van der Waals surface area contributed by atoms with Crippen molar-refractivity contribution in [3.8, 4) is 5.75 Å². The molecule has 3 heteroatoms. The van der Waals surface area contributed by atoms with Gasteiger partial charge in [0, 0.05) is 16.6 Å². The van der Waals surface area contributed by atoms with Gasteiger partial charge in [-0.3, -0.25) is 0 Å². The van der Waals surface area contributed by atoms with Gasteiger partial charge in [-0.05, 0) is 61.1 Å². The molecule has 0 amide bonds. The second-order valence-corrected chi connectivity index (χ2v) is 6.15. The van der Waals surface area contributed by atoms with Crippen molar-refractivity contribution in [1.29, 1.82) is 0 Å². The first-order valence-electron chi connectivity index (χ1n) is 7.40. The monoisotopic (exact) mass is 301 g/mol. The summed E-state index contributed by atoms with van der Waals surface area (Å²) >= 11 is 6.23. The molecule has 0 fully saturated rings. The zero-order valence-corrected chi connectivity index (χ0v) is 13.0. The predicted molar refractivity (Wildman–Crippen MR) is 86.8 cm³/mol. The molecule has 2 aromatic carbocycles. The normalized spacial score (nSPS) is 17.4. The molecule has 0 heterocycles. The van der Waals surface area contributed by atoms with Gasteiger partial charge >= 0.3 is 0 Å². The highest BCUT2D eigenvalue weighted by Gasteiger charge is 2.17. The lowest BCUT2D eigenvalue weighted by Crippen LogP contribution is -2.17. The number of hydrogen-bond donors (Lipinski definition) is 1. The lowest BCUT2D eigenvalue weighted by Gasteiger charge is -2.22. The number of fused-ring (bicyclic) bond motifs is 1. The molecule has 21 heavy (non-hydrogen) atoms. The quantitative estimate of drug-likeness (QED) is 0.901. The van der Waals surface area contributed by atoms with Crippen LogP contribution in [-0.2, 0) is 13.0 Å². The van der Waals surface area contributed by atoms with Crippen LogP contribution in [0.5, 0.6) is 5.75 Å². The summed E-state index contributed by atoms with van der Waals surface area (Å²) in [6.45, 7) is 2.51. The molecule has 2 N–H and O–H groups in total. The van der Waals surface area contributed by atoms with Gasteiger partial charge in [-0.1, -0.05) is 29.8 Å². The van der Waals surface area contributed by atoms with Crippen molar-refractivity contribution in [2.75, 3.05) is 0 Å². The highest BCUT2D eigenvalue weighted by molar-refractivity contribution is 6.31. The molecule has 0 bridgehead atoms. The molecule has 1 aliphatic rings. The van der Waals surface area contributed by atoms with Crippen LogP contribution in [0.25, 0.3) is 0 Å². The van der Waals surface area contributed by atoms with Gasteiger partial charge in [-0.25, -0.2) is 0 Å². The van der Waals surface area contributed by atoms with E-state index in [1.54, 1.807) is 0 Å². The third kappa shape index (κ3) is 3.22. The van der Waals surface area contributed by atoms with Gasteiger partial charge in [-0.15, -0.1) is 0 Å². The van der Waals surface area contributed by atoms with Crippen molar-refractivity contribution < 1.29 is 4.74 Å². The Labute approximate surface area is 130 Å². The molecule has 110 valence electrons. The van der Waals surface area contributed by atoms with Crippen molar-refractivity contribution in [3.05, 3.63) is 63.7 Å². The number of ether oxygens (including phenoxy) is 1. The fraction of sp³-hybridized carbons (Fsp3) is 0.333. The zero-order chi connectivity index (χ0) is 14.8. The average Bonchev–Trinajstić information content (AvgIpc) is 2.47. The number of halogens is 1. The topological polar surface area (TPSA) is 35.2 Å². The summed E-state index contributed by atoms with van der Waals surface area (Å²) in [4.78, 5) is 0. The van der Waals surface area contributed by atoms with E-state index in [4.69, 9.17) is 22.1 Å². The van der Waals surface area contributed by atoms with Crippen molar-refractivity contribution in [2.45, 2.75) is 38.8 Å². The summed E-state index contributed by atoms with van der Waals surface area (Å²) < 4.78 is 5.89. The van der Waals surface area contributed by atoms with E-state index in [1.165, 1.54) is 17.5 Å². The third-order valence-corrected chi connectivity index (χ3v) is 4.43. The van der Waals surface area contributed by atoms with Crippen molar-refractivity contribution >= 4 is 11.6 Å². The van der Waals surface area contributed by atoms with E-state index in [9.17, 15) is 0 Å². The fourth-order valence-corrected chi connectivity index (χ4v) is 3.12. The first kappa shape index (κ1) is 14.4. The lowest BCUT2D eigenvalue weighted by molar-refractivity contribution is 0.305. The van der Waals surface area contributed by atoms with Gasteiger partial charge in [0.05, 0.1) is 0 Å². The van der Waals surface area contributed by atoms with E-state index in [2.05, 4.69) is 12.1 Å². The van der Waals surface area contributed by atoms with E-state index < -0.39 is 0 Å². The molecule has 0 spiro atoms. The predicted octanol–water partition coefficient (Wildman–Crippen LogP) is 4.56. The minimum atomic E-state index is 0.139. The van der Waals surface area contributed by atoms with Crippen LogP contribution in [0.4, 0.5) is 0 Å². The van der Waals surface area contributed by atoms with E-state index in [1.807, 2.05) is 31.2 Å². The number of nitrogens with two attached hydrogens (primary N) is 1. The Morgan fingerprint density at radius 2 is 2.10 bits per heavy atom. The zero-order valence-electron chi connectivity index (χ0n) is 12.2. The maximum Gasteiger partial charge on any atom is 0.120 e. The third-order valence-electron chi connectivity index (χ3n) is 4.08. The fourth-order valence-electron chi connectivity index (χ4n) is 2.83. The van der Waals surface area contributed by atoms with Crippen LogP contribution in [0.1, 0.15) is 41.1 Å². The first-order chi connectivity index (χ1) is 10.1. The Hall–Kier alpha value is -1.51. The van der Waals surface area contributed by atoms with Crippen LogP contribution in [-0.4, -0.2) is 0 Å². The van der Waals surface area contributed by atoms with Crippen LogP contribution >= 0.6 is 11.6 Å². The molecule has 0 saturated carbocycles. The summed E-state index contributed by atoms with van der Waals surface area (Å²) in [5.74, 6) is 0.864. The molecule has 0 radical (unpaired) electrons. The van der Waals surface area contributed by atoms with Gasteiger partial charge in [-0.2, -0.15) is 0 Å². The number of benzene rings is 2. The maximum atomic E-state index is 6.23. The highest BCUT2D eigenvalue weighted by atomic mass is 35.5. The van der Waals surface area contributed by atoms with Crippen LogP contribution in [0, 0.1) is 6.92 Å². The molecule has 0 aliphatic heterocycles. The van der Waals surface area contributed by atoms with Gasteiger partial charge in [0.15, 0.2) is 0 Å². The first-order valence-corrected chi connectivity index (χ1v) is 7.77. The SMILES string of the molecule is Cc1ccc(COc2ccc3c(c2)C(N)CCC3)c(Cl)c1.